The van der Waals surface area contributed by atoms with Crippen LogP contribution in [0.15, 0.2) is 12.1 Å². The van der Waals surface area contributed by atoms with Crippen LogP contribution in [0.4, 0.5) is 0 Å². The molecule has 11 heteroatoms. The Labute approximate surface area is 231 Å². The number of rotatable bonds is 13. The van der Waals surface area contributed by atoms with Gasteiger partial charge in [0.05, 0.1) is 27.9 Å². The minimum atomic E-state index is -0.916. The Balaban J connectivity index is 1.56. The number of methoxy groups -OCH3 is 3. The second-order valence-corrected chi connectivity index (χ2v) is 10.8. The van der Waals surface area contributed by atoms with Gasteiger partial charge < -0.3 is 33.9 Å². The molecule has 2 saturated heterocycles. The number of carbonyl (C=O) groups excluding carboxylic acids is 3. The highest BCUT2D eigenvalue weighted by Gasteiger charge is 2.52. The fourth-order valence-corrected chi connectivity index (χ4v) is 4.64. The molecule has 0 spiro atoms. The van der Waals surface area contributed by atoms with Crippen LogP contribution in [0.2, 0.25) is 0 Å². The van der Waals surface area contributed by atoms with E-state index in [2.05, 4.69) is 10.2 Å². The summed E-state index contributed by atoms with van der Waals surface area (Å²) in [4.78, 5) is 42.4. The molecule has 0 aromatic heterocycles. The number of amides is 2. The van der Waals surface area contributed by atoms with E-state index in [1.165, 1.54) is 0 Å². The Bertz CT molecular complexity index is 1010. The van der Waals surface area contributed by atoms with E-state index in [0.717, 1.165) is 5.56 Å². The van der Waals surface area contributed by atoms with Crippen molar-refractivity contribution in [2.24, 2.45) is 11.8 Å². The topological polar surface area (TPSA) is 119 Å². The van der Waals surface area contributed by atoms with Crippen LogP contribution in [-0.4, -0.2) is 99.9 Å². The van der Waals surface area contributed by atoms with Crippen LogP contribution in [-0.2, 0) is 30.4 Å². The van der Waals surface area contributed by atoms with Crippen molar-refractivity contribution in [3.05, 3.63) is 17.7 Å². The highest BCUT2D eigenvalue weighted by Crippen LogP contribution is 2.40. The first-order valence-corrected chi connectivity index (χ1v) is 13.5. The zero-order valence-corrected chi connectivity index (χ0v) is 24.2. The summed E-state index contributed by atoms with van der Waals surface area (Å²) in [6, 6.07) is 3.12. The van der Waals surface area contributed by atoms with Gasteiger partial charge in [0.25, 0.3) is 5.91 Å². The van der Waals surface area contributed by atoms with E-state index in [1.54, 1.807) is 26.2 Å². The molecule has 2 fully saturated rings. The van der Waals surface area contributed by atoms with E-state index in [0.29, 0.717) is 56.4 Å². The van der Waals surface area contributed by atoms with Crippen molar-refractivity contribution in [2.75, 3.05) is 54.1 Å². The molecular formula is C28H43N3O8. The summed E-state index contributed by atoms with van der Waals surface area (Å²) in [5.41, 5.74) is 0.964. The number of hydrogen-bond acceptors (Lipinski definition) is 9. The molecule has 2 heterocycles. The first-order chi connectivity index (χ1) is 18.6. The number of benzene rings is 1. The van der Waals surface area contributed by atoms with Gasteiger partial charge in [0.2, 0.25) is 11.7 Å². The van der Waals surface area contributed by atoms with Gasteiger partial charge in [0, 0.05) is 38.3 Å². The van der Waals surface area contributed by atoms with Crippen LogP contribution >= 0.6 is 0 Å². The number of ether oxygens (including phenoxy) is 5. The Morgan fingerprint density at radius 2 is 1.59 bits per heavy atom. The average Bonchev–Trinajstić information content (AvgIpc) is 3.72. The van der Waals surface area contributed by atoms with Crippen molar-refractivity contribution in [1.82, 2.24) is 15.1 Å². The molecule has 0 aliphatic carbocycles. The minimum absolute atomic E-state index is 0.125. The third-order valence-electron chi connectivity index (χ3n) is 6.73. The van der Waals surface area contributed by atoms with E-state index < -0.39 is 30.1 Å². The van der Waals surface area contributed by atoms with Crippen molar-refractivity contribution in [1.29, 1.82) is 0 Å². The summed E-state index contributed by atoms with van der Waals surface area (Å²) in [7, 11) is 4.76. The van der Waals surface area contributed by atoms with Gasteiger partial charge in [0.15, 0.2) is 23.7 Å². The normalized spacial score (nSPS) is 20.0. The second-order valence-electron chi connectivity index (χ2n) is 10.8. The van der Waals surface area contributed by atoms with Gasteiger partial charge in [-0.2, -0.15) is 0 Å². The van der Waals surface area contributed by atoms with Gasteiger partial charge in [0.1, 0.15) is 6.04 Å². The molecule has 0 bridgehead atoms. The first-order valence-electron chi connectivity index (χ1n) is 13.5. The van der Waals surface area contributed by atoms with Crippen LogP contribution in [0.25, 0.3) is 0 Å². The lowest BCUT2D eigenvalue weighted by Gasteiger charge is -2.37. The SMILES string of the molecule is COc1ccc(CN2CCN(C(=O)[C@H](CC(C)C)NC(=O)[C@@H]3O[C@H]3C(=O)OCC(C)C)CC2)c(OC)c1OC. The quantitative estimate of drug-likeness (QED) is 0.290. The van der Waals surface area contributed by atoms with Gasteiger partial charge in [-0.25, -0.2) is 4.79 Å². The predicted molar refractivity (Wildman–Crippen MR) is 144 cm³/mol. The zero-order chi connectivity index (χ0) is 28.7. The largest absolute Gasteiger partial charge is 0.493 e. The molecule has 1 aromatic carbocycles. The Morgan fingerprint density at radius 3 is 2.15 bits per heavy atom. The Kier molecular flexibility index (Phi) is 10.8. The minimum Gasteiger partial charge on any atom is -0.493 e. The number of nitrogens with one attached hydrogen (secondary N) is 1. The second kappa shape index (κ2) is 13.8. The van der Waals surface area contributed by atoms with E-state index >= 15 is 0 Å². The summed E-state index contributed by atoms with van der Waals surface area (Å²) < 4.78 is 26.9. The van der Waals surface area contributed by atoms with Crippen molar-refractivity contribution >= 4 is 17.8 Å². The predicted octanol–water partition coefficient (Wildman–Crippen LogP) is 1.85. The van der Waals surface area contributed by atoms with Crippen molar-refractivity contribution in [3.63, 3.8) is 0 Å². The average molecular weight is 550 g/mol. The van der Waals surface area contributed by atoms with Gasteiger partial charge in [-0.15, -0.1) is 0 Å². The summed E-state index contributed by atoms with van der Waals surface area (Å²) in [5.74, 6) is 1.02. The summed E-state index contributed by atoms with van der Waals surface area (Å²) in [5, 5.41) is 2.83. The molecule has 2 amide bonds. The first kappa shape index (κ1) is 30.5. The summed E-state index contributed by atoms with van der Waals surface area (Å²) in [6.07, 6.45) is -1.33. The number of carbonyl (C=O) groups is 3. The fourth-order valence-electron chi connectivity index (χ4n) is 4.64. The van der Waals surface area contributed by atoms with Crippen LogP contribution < -0.4 is 19.5 Å². The highest BCUT2D eigenvalue weighted by atomic mass is 16.6. The van der Waals surface area contributed by atoms with Crippen LogP contribution in [0, 0.1) is 11.8 Å². The van der Waals surface area contributed by atoms with E-state index in [9.17, 15) is 14.4 Å². The van der Waals surface area contributed by atoms with Crippen molar-refractivity contribution in [2.45, 2.75) is 58.9 Å². The van der Waals surface area contributed by atoms with E-state index in [4.69, 9.17) is 23.7 Å². The molecule has 3 rings (SSSR count). The molecule has 11 nitrogen and oxygen atoms in total. The number of esters is 1. The maximum Gasteiger partial charge on any atom is 0.338 e. The molecule has 2 aliphatic heterocycles. The number of epoxide rings is 1. The molecule has 0 saturated carbocycles. The van der Waals surface area contributed by atoms with E-state index in [1.807, 2.05) is 39.8 Å². The summed E-state index contributed by atoms with van der Waals surface area (Å²) >= 11 is 0. The van der Waals surface area contributed by atoms with Gasteiger partial charge >= 0.3 is 5.97 Å². The molecule has 1 N–H and O–H groups in total. The number of nitrogens with zero attached hydrogens (tertiary/aromatic N) is 2. The van der Waals surface area contributed by atoms with Gasteiger partial charge in [-0.3, -0.25) is 14.5 Å². The Morgan fingerprint density at radius 1 is 0.923 bits per heavy atom. The molecule has 39 heavy (non-hydrogen) atoms. The zero-order valence-electron chi connectivity index (χ0n) is 24.2. The molecule has 218 valence electrons. The molecule has 1 aromatic rings. The fraction of sp³-hybridized carbons (Fsp3) is 0.679. The number of hydrogen-bond donors (Lipinski definition) is 1. The highest BCUT2D eigenvalue weighted by molar-refractivity contribution is 5.95. The van der Waals surface area contributed by atoms with Gasteiger partial charge in [-0.05, 0) is 24.3 Å². The van der Waals surface area contributed by atoms with Crippen LogP contribution in [0.1, 0.15) is 39.7 Å². The monoisotopic (exact) mass is 549 g/mol. The number of piperazine rings is 1. The van der Waals surface area contributed by atoms with E-state index in [-0.39, 0.29) is 24.3 Å². The van der Waals surface area contributed by atoms with Gasteiger partial charge in [-0.1, -0.05) is 33.8 Å². The van der Waals surface area contributed by atoms with Crippen LogP contribution in [0.5, 0.6) is 17.2 Å². The van der Waals surface area contributed by atoms with Crippen molar-refractivity contribution < 1.29 is 38.1 Å². The molecular weight excluding hydrogens is 506 g/mol. The summed E-state index contributed by atoms with van der Waals surface area (Å²) in [6.45, 7) is 11.2. The van der Waals surface area contributed by atoms with Crippen molar-refractivity contribution in [3.8, 4) is 17.2 Å². The smallest absolute Gasteiger partial charge is 0.338 e. The third kappa shape index (κ3) is 7.98. The maximum absolute atomic E-state index is 13.4. The maximum atomic E-state index is 13.4. The molecule has 3 atom stereocenters. The molecule has 0 unspecified atom stereocenters. The molecule has 0 radical (unpaired) electrons. The Hall–Kier alpha value is -3.05. The lowest BCUT2D eigenvalue weighted by atomic mass is 10.0. The standard InChI is InChI=1S/C28H43N3O8/c1-17(2)14-20(29-26(32)24-25(39-24)28(34)38-16-18(3)4)27(33)31-12-10-30(11-13-31)15-19-8-9-21(35-5)23(37-7)22(19)36-6/h8-9,17-18,20,24-25H,10-16H2,1-7H3,(H,29,32)/t20-,24+,25+/m0/s1. The van der Waals surface area contributed by atoms with Crippen LogP contribution in [0.3, 0.4) is 0 Å². The molecule has 2 aliphatic rings. The third-order valence-corrected chi connectivity index (χ3v) is 6.73. The lowest BCUT2D eigenvalue weighted by Crippen LogP contribution is -2.55. The lowest BCUT2D eigenvalue weighted by molar-refractivity contribution is -0.146.